The van der Waals surface area contributed by atoms with Gasteiger partial charge in [-0.25, -0.2) is 4.68 Å². The third kappa shape index (κ3) is 3.34. The van der Waals surface area contributed by atoms with Gasteiger partial charge in [0.15, 0.2) is 0 Å². The predicted octanol–water partition coefficient (Wildman–Crippen LogP) is 5.07. The third-order valence-corrected chi connectivity index (χ3v) is 6.52. The monoisotopic (exact) mass is 405 g/mol. The van der Waals surface area contributed by atoms with Crippen molar-refractivity contribution in [3.8, 4) is 0 Å². The average Bonchev–Trinajstić information content (AvgIpc) is 3.13. The summed E-state index contributed by atoms with van der Waals surface area (Å²) < 4.78 is 3.30. The molecule has 1 atom stereocenters. The highest BCUT2D eigenvalue weighted by Gasteiger charge is 2.24. The number of hydrogen-bond donors (Lipinski definition) is 1. The van der Waals surface area contributed by atoms with Gasteiger partial charge in [-0.3, -0.25) is 9.59 Å². The highest BCUT2D eigenvalue weighted by Crippen LogP contribution is 2.33. The highest BCUT2D eigenvalue weighted by atomic mass is 32.1. The second kappa shape index (κ2) is 7.79. The summed E-state index contributed by atoms with van der Waals surface area (Å²) >= 11 is 1.57. The quantitative estimate of drug-likeness (QED) is 0.504. The minimum Gasteiger partial charge on any atom is -0.324 e. The molecule has 0 unspecified atom stereocenters. The van der Waals surface area contributed by atoms with Crippen LogP contribution in [0.2, 0.25) is 0 Å². The van der Waals surface area contributed by atoms with Gasteiger partial charge >= 0.3 is 0 Å². The Kier molecular flexibility index (Phi) is 5.20. The third-order valence-electron chi connectivity index (χ3n) is 5.24. The summed E-state index contributed by atoms with van der Waals surface area (Å²) in [5, 5.41) is 9.10. The lowest BCUT2D eigenvalue weighted by Crippen LogP contribution is -2.35. The number of nitrogens with one attached hydrogen (secondary N) is 1. The maximum Gasteiger partial charge on any atom is 0.276 e. The molecular weight excluding hydrogens is 382 g/mol. The van der Waals surface area contributed by atoms with E-state index < -0.39 is 6.04 Å². The van der Waals surface area contributed by atoms with Gasteiger partial charge in [0.2, 0.25) is 5.91 Å². The Hall–Kier alpha value is -2.99. The van der Waals surface area contributed by atoms with Gasteiger partial charge in [-0.2, -0.15) is 5.10 Å². The van der Waals surface area contributed by atoms with Crippen molar-refractivity contribution in [2.24, 2.45) is 0 Å². The maximum atomic E-state index is 13.4. The van der Waals surface area contributed by atoms with Crippen LogP contribution >= 0.6 is 11.3 Å². The van der Waals surface area contributed by atoms with Crippen molar-refractivity contribution in [3.05, 3.63) is 70.1 Å². The molecule has 0 bridgehead atoms. The first-order chi connectivity index (χ1) is 14.0. The van der Waals surface area contributed by atoms with Crippen LogP contribution in [0.25, 0.3) is 20.2 Å². The van der Waals surface area contributed by atoms with E-state index in [-0.39, 0.29) is 11.5 Å². The fourth-order valence-corrected chi connectivity index (χ4v) is 4.86. The highest BCUT2D eigenvalue weighted by molar-refractivity contribution is 7.26. The molecule has 0 aliphatic rings. The van der Waals surface area contributed by atoms with Crippen molar-refractivity contribution in [1.29, 1.82) is 0 Å². The molecule has 29 heavy (non-hydrogen) atoms. The average molecular weight is 406 g/mol. The van der Waals surface area contributed by atoms with E-state index in [2.05, 4.69) is 10.4 Å². The molecule has 6 heteroatoms. The summed E-state index contributed by atoms with van der Waals surface area (Å²) in [6.07, 6.45) is 1.29. The number of benzene rings is 2. The van der Waals surface area contributed by atoms with E-state index in [4.69, 9.17) is 0 Å². The molecule has 1 N–H and O–H groups in total. The fraction of sp³-hybridized carbons (Fsp3) is 0.261. The van der Waals surface area contributed by atoms with Crippen LogP contribution in [0.3, 0.4) is 0 Å². The Balaban J connectivity index is 1.81. The number of aromatic nitrogens is 2. The molecule has 4 rings (SSSR count). The van der Waals surface area contributed by atoms with Gasteiger partial charge in [0.05, 0.1) is 15.8 Å². The van der Waals surface area contributed by atoms with E-state index >= 15 is 0 Å². The largest absolute Gasteiger partial charge is 0.324 e. The number of anilines is 1. The van der Waals surface area contributed by atoms with Crippen LogP contribution in [0.5, 0.6) is 0 Å². The Morgan fingerprint density at radius 3 is 2.62 bits per heavy atom. The van der Waals surface area contributed by atoms with Gasteiger partial charge in [-0.1, -0.05) is 50.2 Å². The standard InChI is InChI=1S/C23H23N3O2S/c1-4-15-10-6-8-12-17(15)24-22(27)18(5-2)26-23(28)20-16-11-7-9-13-19(16)29-21(20)14(3)25-26/h6-13,18H,4-5H2,1-3H3,(H,24,27)/t18-/m0/s1. The van der Waals surface area contributed by atoms with Gasteiger partial charge in [0.25, 0.3) is 5.56 Å². The first-order valence-electron chi connectivity index (χ1n) is 9.84. The van der Waals surface area contributed by atoms with Gasteiger partial charge in [0.1, 0.15) is 6.04 Å². The lowest BCUT2D eigenvalue weighted by molar-refractivity contribution is -0.119. The van der Waals surface area contributed by atoms with Gasteiger partial charge < -0.3 is 5.32 Å². The molecule has 0 radical (unpaired) electrons. The zero-order chi connectivity index (χ0) is 20.5. The number of nitrogens with zero attached hydrogens (tertiary/aromatic N) is 2. The van der Waals surface area contributed by atoms with Gasteiger partial charge in [-0.15, -0.1) is 11.3 Å². The predicted molar refractivity (Wildman–Crippen MR) is 120 cm³/mol. The number of thiophene rings is 1. The molecular formula is C23H23N3O2S. The van der Waals surface area contributed by atoms with E-state index in [1.54, 1.807) is 11.3 Å². The zero-order valence-corrected chi connectivity index (χ0v) is 17.5. The normalized spacial score (nSPS) is 12.4. The van der Waals surface area contributed by atoms with Crippen molar-refractivity contribution >= 4 is 43.1 Å². The van der Waals surface area contributed by atoms with Crippen LogP contribution < -0.4 is 10.9 Å². The summed E-state index contributed by atoms with van der Waals surface area (Å²) in [5.74, 6) is -0.221. The van der Waals surface area contributed by atoms with Crippen LogP contribution in [-0.4, -0.2) is 15.7 Å². The van der Waals surface area contributed by atoms with Crippen molar-refractivity contribution in [1.82, 2.24) is 9.78 Å². The van der Waals surface area contributed by atoms with Crippen molar-refractivity contribution in [3.63, 3.8) is 0 Å². The van der Waals surface area contributed by atoms with E-state index in [1.165, 1.54) is 4.68 Å². The van der Waals surface area contributed by atoms with E-state index in [0.717, 1.165) is 38.2 Å². The molecule has 148 valence electrons. The summed E-state index contributed by atoms with van der Waals surface area (Å²) in [4.78, 5) is 26.5. The molecule has 0 saturated carbocycles. The Bertz CT molecular complexity index is 1270. The van der Waals surface area contributed by atoms with Crippen LogP contribution in [0, 0.1) is 6.92 Å². The number of amides is 1. The van der Waals surface area contributed by atoms with Crippen molar-refractivity contribution in [2.75, 3.05) is 5.32 Å². The number of carbonyl (C=O) groups excluding carboxylic acids is 1. The molecule has 0 aliphatic carbocycles. The zero-order valence-electron chi connectivity index (χ0n) is 16.7. The first kappa shape index (κ1) is 19.3. The van der Waals surface area contributed by atoms with E-state index in [0.29, 0.717) is 11.8 Å². The number of carbonyl (C=O) groups is 1. The summed E-state index contributed by atoms with van der Waals surface area (Å²) in [6.45, 7) is 5.84. The molecule has 0 spiro atoms. The Labute approximate surface area is 173 Å². The van der Waals surface area contributed by atoms with Crippen molar-refractivity contribution in [2.45, 2.75) is 39.7 Å². The number of aryl methyl sites for hydroxylation is 2. The fourth-order valence-electron chi connectivity index (χ4n) is 3.73. The SMILES string of the molecule is CCc1ccccc1NC(=O)[C@H](CC)n1nc(C)c2sc3ccccc3c2c1=O. The first-order valence-corrected chi connectivity index (χ1v) is 10.7. The van der Waals surface area contributed by atoms with Crippen LogP contribution in [0.4, 0.5) is 5.69 Å². The smallest absolute Gasteiger partial charge is 0.276 e. The summed E-state index contributed by atoms with van der Waals surface area (Å²) in [6, 6.07) is 14.9. The topological polar surface area (TPSA) is 64.0 Å². The molecule has 0 aliphatic heterocycles. The molecule has 2 aromatic carbocycles. The Morgan fingerprint density at radius 2 is 1.86 bits per heavy atom. The van der Waals surface area contributed by atoms with E-state index in [1.807, 2.05) is 69.3 Å². The maximum absolute atomic E-state index is 13.4. The lowest BCUT2D eigenvalue weighted by Gasteiger charge is -2.18. The number of para-hydroxylation sites is 1. The number of hydrogen-bond acceptors (Lipinski definition) is 4. The summed E-state index contributed by atoms with van der Waals surface area (Å²) in [7, 11) is 0. The minimum atomic E-state index is -0.672. The van der Waals surface area contributed by atoms with Gasteiger partial charge in [-0.05, 0) is 37.5 Å². The Morgan fingerprint density at radius 1 is 1.14 bits per heavy atom. The summed E-state index contributed by atoms with van der Waals surface area (Å²) in [5.41, 5.74) is 2.39. The van der Waals surface area contributed by atoms with Crippen LogP contribution in [0.15, 0.2) is 53.3 Å². The number of rotatable bonds is 5. The molecule has 2 aromatic heterocycles. The number of fused-ring (bicyclic) bond motifs is 3. The molecule has 0 saturated heterocycles. The molecule has 0 fully saturated rings. The van der Waals surface area contributed by atoms with E-state index in [9.17, 15) is 9.59 Å². The molecule has 5 nitrogen and oxygen atoms in total. The molecule has 1 amide bonds. The molecule has 4 aromatic rings. The van der Waals surface area contributed by atoms with Crippen LogP contribution in [0.1, 0.15) is 37.6 Å². The van der Waals surface area contributed by atoms with Gasteiger partial charge in [0, 0.05) is 15.8 Å². The lowest BCUT2D eigenvalue weighted by atomic mass is 10.1. The minimum absolute atomic E-state index is 0.214. The van der Waals surface area contributed by atoms with Crippen LogP contribution in [-0.2, 0) is 11.2 Å². The second-order valence-corrected chi connectivity index (χ2v) is 8.11. The second-order valence-electron chi connectivity index (χ2n) is 7.06. The molecule has 2 heterocycles. The van der Waals surface area contributed by atoms with Crippen molar-refractivity contribution < 1.29 is 4.79 Å².